The van der Waals surface area contributed by atoms with Crippen LogP contribution in [-0.4, -0.2) is 39.6 Å². The van der Waals surface area contributed by atoms with Crippen LogP contribution in [0.4, 0.5) is 0 Å². The maximum atomic E-state index is 11.8. The number of hydrogen-bond acceptors (Lipinski definition) is 3. The Morgan fingerprint density at radius 2 is 2.07 bits per heavy atom. The second kappa shape index (κ2) is 4.49. The van der Waals surface area contributed by atoms with Crippen LogP contribution in [0.2, 0.25) is 0 Å². The average molecular weight is 292 g/mol. The summed E-state index contributed by atoms with van der Waals surface area (Å²) in [6, 6.07) is 3.33. The van der Waals surface area contributed by atoms with Gasteiger partial charge in [0.1, 0.15) is 0 Å². The second-order valence-corrected chi connectivity index (χ2v) is 5.72. The minimum Gasteiger partial charge on any atom is -0.444 e. The number of nitrogens with zero attached hydrogens (tertiary/aromatic N) is 1. The predicted octanol–water partition coefficient (Wildman–Crippen LogP) is 1.25. The van der Waals surface area contributed by atoms with Crippen molar-refractivity contribution in [3.05, 3.63) is 22.6 Å². The van der Waals surface area contributed by atoms with E-state index in [4.69, 9.17) is 4.42 Å². The molecule has 0 N–H and O–H groups in total. The maximum Gasteiger partial charge on any atom is 0.289 e. The summed E-state index contributed by atoms with van der Waals surface area (Å²) in [7, 11) is -0.762. The molecule has 1 aromatic rings. The average Bonchev–Trinajstić information content (AvgIpc) is 2.65. The lowest BCUT2D eigenvalue weighted by Crippen LogP contribution is -2.41. The molecule has 0 spiro atoms. The molecule has 1 aromatic heterocycles. The summed E-state index contributed by atoms with van der Waals surface area (Å²) < 4.78 is 16.8. The highest BCUT2D eigenvalue weighted by molar-refractivity contribution is 9.10. The third kappa shape index (κ3) is 2.49. The second-order valence-electron chi connectivity index (χ2n) is 3.24. The number of rotatable bonds is 1. The van der Waals surface area contributed by atoms with E-state index in [-0.39, 0.29) is 5.91 Å². The summed E-state index contributed by atoms with van der Waals surface area (Å²) in [4.78, 5) is 13.5. The Hall–Kier alpha value is -0.620. The zero-order chi connectivity index (χ0) is 10.8. The van der Waals surface area contributed by atoms with Crippen LogP contribution < -0.4 is 0 Å². The van der Waals surface area contributed by atoms with Crippen molar-refractivity contribution < 1.29 is 13.4 Å². The maximum absolute atomic E-state index is 11.8. The minimum atomic E-state index is -0.762. The molecule has 0 unspecified atom stereocenters. The summed E-state index contributed by atoms with van der Waals surface area (Å²) in [6.45, 7) is 1.09. The highest BCUT2D eigenvalue weighted by Gasteiger charge is 2.23. The highest BCUT2D eigenvalue weighted by Crippen LogP contribution is 2.16. The molecule has 0 aliphatic carbocycles. The monoisotopic (exact) mass is 291 g/mol. The molecule has 0 radical (unpaired) electrons. The van der Waals surface area contributed by atoms with Gasteiger partial charge in [-0.2, -0.15) is 0 Å². The van der Waals surface area contributed by atoms with E-state index in [1.54, 1.807) is 17.0 Å². The standard InChI is InChI=1S/C9H10BrNO3S/c10-8-2-1-7(14-8)9(12)11-3-5-15(13)6-4-11/h1-2H,3-6H2. The normalized spacial score (nSPS) is 18.1. The van der Waals surface area contributed by atoms with Gasteiger partial charge in [0.05, 0.1) is 0 Å². The largest absolute Gasteiger partial charge is 0.444 e. The molecule has 1 amide bonds. The van der Waals surface area contributed by atoms with E-state index in [0.29, 0.717) is 35.0 Å². The summed E-state index contributed by atoms with van der Waals surface area (Å²) >= 11 is 3.15. The molecule has 0 aromatic carbocycles. The van der Waals surface area contributed by atoms with Crippen molar-refractivity contribution in [2.75, 3.05) is 24.6 Å². The molecule has 82 valence electrons. The highest BCUT2D eigenvalue weighted by atomic mass is 79.9. The molecule has 15 heavy (non-hydrogen) atoms. The molecular weight excluding hydrogens is 282 g/mol. The number of carbonyl (C=O) groups excluding carboxylic acids is 1. The lowest BCUT2D eigenvalue weighted by molar-refractivity contribution is 0.0738. The van der Waals surface area contributed by atoms with Crippen molar-refractivity contribution in [1.29, 1.82) is 0 Å². The summed E-state index contributed by atoms with van der Waals surface area (Å²) in [6.07, 6.45) is 0. The van der Waals surface area contributed by atoms with Gasteiger partial charge in [-0.1, -0.05) is 0 Å². The van der Waals surface area contributed by atoms with Gasteiger partial charge in [-0.25, -0.2) is 0 Å². The van der Waals surface area contributed by atoms with Crippen LogP contribution in [0.3, 0.4) is 0 Å². The molecule has 2 rings (SSSR count). The number of carbonyl (C=O) groups is 1. The van der Waals surface area contributed by atoms with E-state index in [0.717, 1.165) is 0 Å². The molecule has 2 heterocycles. The summed E-state index contributed by atoms with van der Waals surface area (Å²) in [5.41, 5.74) is 0. The van der Waals surface area contributed by atoms with E-state index in [9.17, 15) is 9.00 Å². The van der Waals surface area contributed by atoms with Gasteiger partial charge in [-0.3, -0.25) is 9.00 Å². The van der Waals surface area contributed by atoms with Crippen LogP contribution in [0, 0.1) is 0 Å². The van der Waals surface area contributed by atoms with Crippen molar-refractivity contribution in [2.45, 2.75) is 0 Å². The van der Waals surface area contributed by atoms with Gasteiger partial charge in [-0.15, -0.1) is 0 Å². The van der Waals surface area contributed by atoms with Crippen molar-refractivity contribution in [3.8, 4) is 0 Å². The van der Waals surface area contributed by atoms with Gasteiger partial charge < -0.3 is 9.32 Å². The van der Waals surface area contributed by atoms with Crippen LogP contribution in [-0.2, 0) is 10.8 Å². The van der Waals surface area contributed by atoms with Gasteiger partial charge in [0, 0.05) is 35.4 Å². The van der Waals surface area contributed by atoms with E-state index < -0.39 is 10.8 Å². The van der Waals surface area contributed by atoms with E-state index in [2.05, 4.69) is 15.9 Å². The Balaban J connectivity index is 2.05. The molecule has 1 aliphatic heterocycles. The van der Waals surface area contributed by atoms with Gasteiger partial charge in [0.25, 0.3) is 5.91 Å². The molecule has 1 fully saturated rings. The topological polar surface area (TPSA) is 50.5 Å². The van der Waals surface area contributed by atoms with Gasteiger partial charge >= 0.3 is 0 Å². The van der Waals surface area contributed by atoms with Gasteiger partial charge in [-0.05, 0) is 28.1 Å². The summed E-state index contributed by atoms with van der Waals surface area (Å²) in [5.74, 6) is 1.33. The van der Waals surface area contributed by atoms with Crippen LogP contribution in [0.25, 0.3) is 0 Å². The van der Waals surface area contributed by atoms with Crippen molar-refractivity contribution >= 4 is 32.6 Å². The van der Waals surface area contributed by atoms with Gasteiger partial charge in [0.15, 0.2) is 10.4 Å². The Morgan fingerprint density at radius 1 is 1.40 bits per heavy atom. The van der Waals surface area contributed by atoms with Crippen LogP contribution in [0.5, 0.6) is 0 Å². The number of furan rings is 1. The smallest absolute Gasteiger partial charge is 0.289 e. The first-order valence-corrected chi connectivity index (χ1v) is 6.84. The molecular formula is C9H10BrNO3S. The lowest BCUT2D eigenvalue weighted by atomic mass is 10.3. The Bertz CT molecular complexity index is 394. The molecule has 0 bridgehead atoms. The fourth-order valence-electron chi connectivity index (χ4n) is 1.43. The quantitative estimate of drug-likeness (QED) is 0.782. The van der Waals surface area contributed by atoms with Crippen LogP contribution >= 0.6 is 15.9 Å². The summed E-state index contributed by atoms with van der Waals surface area (Å²) in [5, 5.41) is 0. The molecule has 1 saturated heterocycles. The zero-order valence-corrected chi connectivity index (χ0v) is 10.3. The fraction of sp³-hybridized carbons (Fsp3) is 0.444. The molecule has 0 atom stereocenters. The number of amides is 1. The SMILES string of the molecule is O=C(c1ccc(Br)o1)N1CCS(=O)CC1. The Morgan fingerprint density at radius 3 is 2.60 bits per heavy atom. The first-order valence-electron chi connectivity index (χ1n) is 4.56. The first kappa shape index (κ1) is 10.9. The van der Waals surface area contributed by atoms with E-state index >= 15 is 0 Å². The van der Waals surface area contributed by atoms with E-state index in [1.807, 2.05) is 0 Å². The van der Waals surface area contributed by atoms with Crippen molar-refractivity contribution in [3.63, 3.8) is 0 Å². The Labute approximate surface area is 98.2 Å². The van der Waals surface area contributed by atoms with Crippen LogP contribution in [0.15, 0.2) is 21.2 Å². The lowest BCUT2D eigenvalue weighted by Gasteiger charge is -2.25. The molecule has 1 aliphatic rings. The molecule has 4 nitrogen and oxygen atoms in total. The fourth-order valence-corrected chi connectivity index (χ4v) is 2.78. The van der Waals surface area contributed by atoms with Crippen LogP contribution in [0.1, 0.15) is 10.6 Å². The third-order valence-electron chi connectivity index (χ3n) is 2.25. The van der Waals surface area contributed by atoms with Crippen molar-refractivity contribution in [1.82, 2.24) is 4.90 Å². The third-order valence-corrected chi connectivity index (χ3v) is 3.95. The minimum absolute atomic E-state index is 0.127. The molecule has 6 heteroatoms. The van der Waals surface area contributed by atoms with Gasteiger partial charge in [0.2, 0.25) is 0 Å². The van der Waals surface area contributed by atoms with E-state index in [1.165, 1.54) is 0 Å². The zero-order valence-electron chi connectivity index (χ0n) is 7.94. The number of halogens is 1. The molecule has 0 saturated carbocycles. The first-order chi connectivity index (χ1) is 7.16. The number of hydrogen-bond donors (Lipinski definition) is 0. The Kier molecular flexibility index (Phi) is 3.25. The predicted molar refractivity (Wildman–Crippen MR) is 60.2 cm³/mol. The van der Waals surface area contributed by atoms with Crippen molar-refractivity contribution in [2.24, 2.45) is 0 Å².